The average Bonchev–Trinajstić information content (AvgIpc) is 2.77. The second-order valence-corrected chi connectivity index (χ2v) is 7.46. The highest BCUT2D eigenvalue weighted by Crippen LogP contribution is 2.40. The minimum Gasteiger partial charge on any atom is -0.485 e. The summed E-state index contributed by atoms with van der Waals surface area (Å²) in [6.45, 7) is 0.0494. The maximum absolute atomic E-state index is 13.8. The second-order valence-electron chi connectivity index (χ2n) is 7.46. The van der Waals surface area contributed by atoms with Crippen LogP contribution >= 0.6 is 0 Å². The largest absolute Gasteiger partial charge is 0.485 e. The van der Waals surface area contributed by atoms with Gasteiger partial charge in [-0.15, -0.1) is 0 Å². The van der Waals surface area contributed by atoms with Crippen LogP contribution in [0.1, 0.15) is 37.7 Å². The van der Waals surface area contributed by atoms with Gasteiger partial charge < -0.3 is 9.47 Å². The van der Waals surface area contributed by atoms with E-state index in [-0.39, 0.29) is 18.3 Å². The number of benzene rings is 2. The third-order valence-electron chi connectivity index (χ3n) is 5.62. The van der Waals surface area contributed by atoms with Gasteiger partial charge in [0.15, 0.2) is 11.5 Å². The second kappa shape index (κ2) is 8.11. The van der Waals surface area contributed by atoms with Gasteiger partial charge in [-0.25, -0.2) is 4.39 Å². The van der Waals surface area contributed by atoms with E-state index in [0.29, 0.717) is 29.9 Å². The van der Waals surface area contributed by atoms with E-state index in [1.54, 1.807) is 30.3 Å². The van der Waals surface area contributed by atoms with E-state index in [2.05, 4.69) is 10.9 Å². The fourth-order valence-corrected chi connectivity index (χ4v) is 4.06. The summed E-state index contributed by atoms with van der Waals surface area (Å²) in [5, 5.41) is 0. The van der Waals surface area contributed by atoms with Crippen molar-refractivity contribution in [1.82, 2.24) is 10.9 Å². The molecule has 2 amide bonds. The molecule has 4 rings (SSSR count). The van der Waals surface area contributed by atoms with Crippen LogP contribution in [-0.2, 0) is 15.0 Å². The van der Waals surface area contributed by atoms with Gasteiger partial charge >= 0.3 is 0 Å². The summed E-state index contributed by atoms with van der Waals surface area (Å²) >= 11 is 0. The number of hydrogen-bond donors (Lipinski definition) is 2. The SMILES string of the molecule is O=C(NNC(=O)C1(c2cccc(F)c2)CCCCC1)C1COc2ccccc2O1. The molecule has 0 radical (unpaired) electrons. The Hall–Kier alpha value is -3.09. The molecule has 2 aliphatic rings. The number of ether oxygens (including phenoxy) is 2. The van der Waals surface area contributed by atoms with Gasteiger partial charge in [0.05, 0.1) is 5.41 Å². The summed E-state index contributed by atoms with van der Waals surface area (Å²) in [6.07, 6.45) is 3.11. The average molecular weight is 398 g/mol. The number of nitrogens with one attached hydrogen (secondary N) is 2. The predicted octanol–water partition coefficient (Wildman–Crippen LogP) is 3.02. The van der Waals surface area contributed by atoms with E-state index in [9.17, 15) is 14.0 Å². The maximum atomic E-state index is 13.8. The lowest BCUT2D eigenvalue weighted by Crippen LogP contribution is -2.56. The summed E-state index contributed by atoms with van der Waals surface area (Å²) < 4.78 is 25.0. The highest BCUT2D eigenvalue weighted by atomic mass is 19.1. The van der Waals surface area contributed by atoms with E-state index >= 15 is 0 Å². The van der Waals surface area contributed by atoms with E-state index in [0.717, 1.165) is 19.3 Å². The Labute approximate surface area is 168 Å². The van der Waals surface area contributed by atoms with Crippen LogP contribution in [0.3, 0.4) is 0 Å². The van der Waals surface area contributed by atoms with Gasteiger partial charge in [0, 0.05) is 0 Å². The van der Waals surface area contributed by atoms with Crippen molar-refractivity contribution in [3.05, 3.63) is 59.9 Å². The lowest BCUT2D eigenvalue weighted by molar-refractivity contribution is -0.137. The van der Waals surface area contributed by atoms with Crippen molar-refractivity contribution in [2.75, 3.05) is 6.61 Å². The molecule has 1 heterocycles. The molecule has 2 N–H and O–H groups in total. The van der Waals surface area contributed by atoms with Gasteiger partial charge in [-0.1, -0.05) is 43.5 Å². The van der Waals surface area contributed by atoms with Crippen molar-refractivity contribution in [3.63, 3.8) is 0 Å². The molecule has 6 nitrogen and oxygen atoms in total. The topological polar surface area (TPSA) is 76.7 Å². The zero-order chi connectivity index (χ0) is 20.3. The number of para-hydroxylation sites is 2. The Morgan fingerprint density at radius 3 is 2.48 bits per heavy atom. The van der Waals surface area contributed by atoms with Crippen LogP contribution in [0.2, 0.25) is 0 Å². The van der Waals surface area contributed by atoms with E-state index in [1.807, 2.05) is 6.07 Å². The van der Waals surface area contributed by atoms with Gasteiger partial charge in [-0.2, -0.15) is 0 Å². The Bertz CT molecular complexity index is 911. The molecular weight excluding hydrogens is 375 g/mol. The molecule has 0 bridgehead atoms. The molecule has 152 valence electrons. The van der Waals surface area contributed by atoms with Gasteiger partial charge in [0.25, 0.3) is 5.91 Å². The Kier molecular flexibility index (Phi) is 5.38. The summed E-state index contributed by atoms with van der Waals surface area (Å²) in [4.78, 5) is 25.6. The van der Waals surface area contributed by atoms with E-state index < -0.39 is 17.4 Å². The molecule has 1 aliphatic carbocycles. The lowest BCUT2D eigenvalue weighted by Gasteiger charge is -2.36. The monoisotopic (exact) mass is 398 g/mol. The molecule has 1 unspecified atom stereocenters. The number of hydrazine groups is 1. The third kappa shape index (κ3) is 3.90. The minimum atomic E-state index is -0.873. The van der Waals surface area contributed by atoms with Gasteiger partial charge in [-0.05, 0) is 42.7 Å². The quantitative estimate of drug-likeness (QED) is 0.780. The van der Waals surface area contributed by atoms with Crippen molar-refractivity contribution in [1.29, 1.82) is 0 Å². The minimum absolute atomic E-state index is 0.0494. The molecule has 1 atom stereocenters. The molecular formula is C22H23FN2O4. The first-order chi connectivity index (χ1) is 14.1. The van der Waals surface area contributed by atoms with Crippen molar-refractivity contribution in [2.24, 2.45) is 0 Å². The van der Waals surface area contributed by atoms with Crippen LogP contribution in [-0.4, -0.2) is 24.5 Å². The first-order valence-corrected chi connectivity index (χ1v) is 9.83. The van der Waals surface area contributed by atoms with Crippen LogP contribution < -0.4 is 20.3 Å². The molecule has 0 aromatic heterocycles. The van der Waals surface area contributed by atoms with Crippen LogP contribution in [0.25, 0.3) is 0 Å². The highest BCUT2D eigenvalue weighted by molar-refractivity contribution is 5.91. The first-order valence-electron chi connectivity index (χ1n) is 9.83. The van der Waals surface area contributed by atoms with Crippen molar-refractivity contribution in [2.45, 2.75) is 43.6 Å². The van der Waals surface area contributed by atoms with E-state index in [4.69, 9.17) is 9.47 Å². The summed E-state index contributed by atoms with van der Waals surface area (Å²) in [7, 11) is 0. The zero-order valence-corrected chi connectivity index (χ0v) is 15.9. The number of carbonyl (C=O) groups is 2. The standard InChI is InChI=1S/C22H23FN2O4/c23-16-8-6-7-15(13-16)22(11-4-1-5-12-22)21(27)25-24-20(26)19-14-28-17-9-2-3-10-18(17)29-19/h2-3,6-10,13,19H,1,4-5,11-12,14H2,(H,24,26)(H,25,27). The fraction of sp³-hybridized carbons (Fsp3) is 0.364. The first kappa shape index (κ1) is 19.2. The van der Waals surface area contributed by atoms with Gasteiger partial charge in [0.1, 0.15) is 12.4 Å². The molecule has 7 heteroatoms. The number of carbonyl (C=O) groups excluding carboxylic acids is 2. The zero-order valence-electron chi connectivity index (χ0n) is 15.9. The van der Waals surface area contributed by atoms with Crippen molar-refractivity contribution in [3.8, 4) is 11.5 Å². The number of rotatable bonds is 3. The maximum Gasteiger partial charge on any atom is 0.283 e. The molecule has 0 saturated heterocycles. The summed E-state index contributed by atoms with van der Waals surface area (Å²) in [5.41, 5.74) is 4.77. The molecule has 0 spiro atoms. The van der Waals surface area contributed by atoms with Crippen molar-refractivity contribution >= 4 is 11.8 Å². The summed E-state index contributed by atoms with van der Waals surface area (Å²) in [5.74, 6) is -0.163. The third-order valence-corrected chi connectivity index (χ3v) is 5.62. The smallest absolute Gasteiger partial charge is 0.283 e. The van der Waals surface area contributed by atoms with Gasteiger partial charge in [0.2, 0.25) is 12.0 Å². The number of hydrogen-bond acceptors (Lipinski definition) is 4. The van der Waals surface area contributed by atoms with Crippen LogP contribution in [0.4, 0.5) is 4.39 Å². The predicted molar refractivity (Wildman–Crippen MR) is 104 cm³/mol. The molecule has 1 aliphatic heterocycles. The van der Waals surface area contributed by atoms with Crippen LogP contribution in [0.15, 0.2) is 48.5 Å². The molecule has 2 aromatic carbocycles. The molecule has 1 saturated carbocycles. The highest BCUT2D eigenvalue weighted by Gasteiger charge is 2.42. The fourth-order valence-electron chi connectivity index (χ4n) is 4.06. The summed E-state index contributed by atoms with van der Waals surface area (Å²) in [6, 6.07) is 13.2. The van der Waals surface area contributed by atoms with Crippen LogP contribution in [0, 0.1) is 5.82 Å². The van der Waals surface area contributed by atoms with Gasteiger partial charge in [-0.3, -0.25) is 20.4 Å². The van der Waals surface area contributed by atoms with Crippen LogP contribution in [0.5, 0.6) is 11.5 Å². The Balaban J connectivity index is 1.44. The normalized spacial score (nSPS) is 19.8. The number of halogens is 1. The Morgan fingerprint density at radius 2 is 1.72 bits per heavy atom. The Morgan fingerprint density at radius 1 is 0.966 bits per heavy atom. The number of amides is 2. The number of fused-ring (bicyclic) bond motifs is 1. The molecule has 2 aromatic rings. The molecule has 29 heavy (non-hydrogen) atoms. The molecule has 1 fully saturated rings. The van der Waals surface area contributed by atoms with Crippen molar-refractivity contribution < 1.29 is 23.5 Å². The van der Waals surface area contributed by atoms with E-state index in [1.165, 1.54) is 12.1 Å². The lowest BCUT2D eigenvalue weighted by atomic mass is 9.69.